The highest BCUT2D eigenvalue weighted by Gasteiger charge is 2.34. The average molecular weight is 322 g/mol. The number of nitrogens with one attached hydrogen (secondary N) is 2. The lowest BCUT2D eigenvalue weighted by Crippen LogP contribution is -2.40. The first kappa shape index (κ1) is 15.7. The molecule has 5 nitrogen and oxygen atoms in total. The number of aromatic nitrogens is 1. The fraction of sp³-hybridized carbons (Fsp3) is 0.750. The Balaban J connectivity index is 1.32. The van der Waals surface area contributed by atoms with Crippen LogP contribution in [-0.4, -0.2) is 48.1 Å². The Morgan fingerprint density at radius 3 is 2.95 bits per heavy atom. The molecule has 22 heavy (non-hydrogen) atoms. The van der Waals surface area contributed by atoms with Crippen molar-refractivity contribution in [2.45, 2.75) is 45.1 Å². The number of likely N-dealkylation sites (tertiary alicyclic amines) is 1. The van der Waals surface area contributed by atoms with Gasteiger partial charge in [-0.15, -0.1) is 11.3 Å². The normalized spacial score (nSPS) is 23.5. The third kappa shape index (κ3) is 4.20. The van der Waals surface area contributed by atoms with Crippen molar-refractivity contribution in [3.63, 3.8) is 0 Å². The summed E-state index contributed by atoms with van der Waals surface area (Å²) in [5.41, 5.74) is 0. The van der Waals surface area contributed by atoms with Gasteiger partial charge in [-0.05, 0) is 38.6 Å². The number of carbonyl (C=O) groups is 1. The summed E-state index contributed by atoms with van der Waals surface area (Å²) in [6, 6.07) is 0.798. The zero-order valence-electron chi connectivity index (χ0n) is 13.5. The molecular weight excluding hydrogens is 296 g/mol. The summed E-state index contributed by atoms with van der Waals surface area (Å²) in [7, 11) is 0. The van der Waals surface area contributed by atoms with Crippen LogP contribution in [0.4, 0.5) is 4.79 Å². The van der Waals surface area contributed by atoms with Crippen LogP contribution < -0.4 is 10.6 Å². The number of hydrogen-bond donors (Lipinski definition) is 2. The zero-order valence-corrected chi connectivity index (χ0v) is 14.3. The van der Waals surface area contributed by atoms with Gasteiger partial charge in [0, 0.05) is 42.7 Å². The second-order valence-corrected chi connectivity index (χ2v) is 7.95. The number of amides is 2. The van der Waals surface area contributed by atoms with Gasteiger partial charge in [0.25, 0.3) is 0 Å². The lowest BCUT2D eigenvalue weighted by atomic mass is 10.1. The van der Waals surface area contributed by atoms with Crippen LogP contribution in [0.5, 0.6) is 0 Å². The van der Waals surface area contributed by atoms with Crippen LogP contribution >= 0.6 is 11.3 Å². The average Bonchev–Trinajstić information content (AvgIpc) is 3.09. The van der Waals surface area contributed by atoms with E-state index in [4.69, 9.17) is 0 Å². The molecule has 6 heteroatoms. The Morgan fingerprint density at radius 1 is 1.45 bits per heavy atom. The molecule has 1 saturated carbocycles. The van der Waals surface area contributed by atoms with Crippen LogP contribution in [0.1, 0.15) is 42.0 Å². The molecule has 2 amide bonds. The van der Waals surface area contributed by atoms with Gasteiger partial charge in [-0.3, -0.25) is 0 Å². The van der Waals surface area contributed by atoms with E-state index < -0.39 is 0 Å². The van der Waals surface area contributed by atoms with Crippen LogP contribution in [0.25, 0.3) is 0 Å². The van der Waals surface area contributed by atoms with Crippen molar-refractivity contribution in [1.29, 1.82) is 0 Å². The Hall–Kier alpha value is -1.14. The van der Waals surface area contributed by atoms with Gasteiger partial charge in [-0.25, -0.2) is 9.78 Å². The third-order valence-electron chi connectivity index (χ3n) is 4.56. The molecule has 1 aromatic rings. The first-order chi connectivity index (χ1) is 10.6. The topological polar surface area (TPSA) is 57.3 Å². The lowest BCUT2D eigenvalue weighted by molar-refractivity contribution is 0.238. The van der Waals surface area contributed by atoms with Gasteiger partial charge >= 0.3 is 6.03 Å². The summed E-state index contributed by atoms with van der Waals surface area (Å²) in [5.74, 6) is 0.881. The summed E-state index contributed by atoms with van der Waals surface area (Å²) >= 11 is 1.70. The predicted octanol–water partition coefficient (Wildman–Crippen LogP) is 2.34. The quantitative estimate of drug-likeness (QED) is 0.845. The lowest BCUT2D eigenvalue weighted by Gasteiger charge is -2.16. The van der Waals surface area contributed by atoms with E-state index in [1.54, 1.807) is 11.3 Å². The molecule has 2 fully saturated rings. The Labute approximate surface area is 136 Å². The molecule has 122 valence electrons. The molecule has 0 radical (unpaired) electrons. The second kappa shape index (κ2) is 6.96. The predicted molar refractivity (Wildman–Crippen MR) is 89.4 cm³/mol. The van der Waals surface area contributed by atoms with Gasteiger partial charge in [-0.1, -0.05) is 6.92 Å². The van der Waals surface area contributed by atoms with Gasteiger partial charge in [0.15, 0.2) is 0 Å². The molecule has 0 spiro atoms. The second-order valence-electron chi connectivity index (χ2n) is 6.68. The van der Waals surface area contributed by atoms with Gasteiger partial charge in [0.05, 0.1) is 5.01 Å². The maximum atomic E-state index is 11.9. The minimum Gasteiger partial charge on any atom is -0.338 e. The Bertz CT molecular complexity index is 514. The van der Waals surface area contributed by atoms with Gasteiger partial charge in [-0.2, -0.15) is 0 Å². The van der Waals surface area contributed by atoms with Crippen LogP contribution in [0.2, 0.25) is 0 Å². The smallest absolute Gasteiger partial charge is 0.314 e. The first-order valence-corrected chi connectivity index (χ1v) is 9.11. The van der Waals surface area contributed by atoms with E-state index in [-0.39, 0.29) is 11.9 Å². The van der Waals surface area contributed by atoms with E-state index in [0.717, 1.165) is 24.1 Å². The molecule has 0 bridgehead atoms. The standard InChI is InChI=1S/C16H26N4OS/c1-11(15-17-8-12(2)22-15)7-18-16(21)19-9-13-5-6-20(10-13)14-3-4-14/h8,11,13-14H,3-7,9-10H2,1-2H3,(H2,18,19,21)/t11-,13+/m1/s1. The highest BCUT2D eigenvalue weighted by molar-refractivity contribution is 7.11. The summed E-state index contributed by atoms with van der Waals surface area (Å²) in [4.78, 5) is 20.1. The molecule has 1 aromatic heterocycles. The number of urea groups is 1. The van der Waals surface area contributed by atoms with E-state index in [2.05, 4.69) is 34.4 Å². The highest BCUT2D eigenvalue weighted by atomic mass is 32.1. The van der Waals surface area contributed by atoms with E-state index in [1.165, 1.54) is 30.7 Å². The fourth-order valence-corrected chi connectivity index (χ4v) is 3.86. The first-order valence-electron chi connectivity index (χ1n) is 8.30. The van der Waals surface area contributed by atoms with Crippen LogP contribution in [0.15, 0.2) is 6.20 Å². The number of rotatable bonds is 6. The third-order valence-corrected chi connectivity index (χ3v) is 5.71. The number of thiazole rings is 1. The Kier molecular flexibility index (Phi) is 4.98. The minimum absolute atomic E-state index is 0.0509. The molecule has 1 aliphatic carbocycles. The Morgan fingerprint density at radius 2 is 2.27 bits per heavy atom. The molecule has 2 heterocycles. The highest BCUT2D eigenvalue weighted by Crippen LogP contribution is 2.31. The number of carbonyl (C=O) groups excluding carboxylic acids is 1. The van der Waals surface area contributed by atoms with Gasteiger partial charge < -0.3 is 15.5 Å². The number of aryl methyl sites for hydroxylation is 1. The fourth-order valence-electron chi connectivity index (χ4n) is 3.03. The van der Waals surface area contributed by atoms with E-state index in [9.17, 15) is 4.79 Å². The van der Waals surface area contributed by atoms with Crippen LogP contribution in [0, 0.1) is 12.8 Å². The van der Waals surface area contributed by atoms with Crippen molar-refractivity contribution in [2.75, 3.05) is 26.2 Å². The van der Waals surface area contributed by atoms with Crippen molar-refractivity contribution in [3.8, 4) is 0 Å². The monoisotopic (exact) mass is 322 g/mol. The summed E-state index contributed by atoms with van der Waals surface area (Å²) in [6.45, 7) is 7.94. The van der Waals surface area contributed by atoms with Crippen molar-refractivity contribution >= 4 is 17.4 Å². The van der Waals surface area contributed by atoms with Crippen molar-refractivity contribution in [1.82, 2.24) is 20.5 Å². The van der Waals surface area contributed by atoms with Crippen molar-refractivity contribution < 1.29 is 4.79 Å². The van der Waals surface area contributed by atoms with E-state index in [0.29, 0.717) is 12.5 Å². The van der Waals surface area contributed by atoms with Crippen LogP contribution in [0.3, 0.4) is 0 Å². The van der Waals surface area contributed by atoms with Crippen molar-refractivity contribution in [2.24, 2.45) is 5.92 Å². The van der Waals surface area contributed by atoms with Crippen LogP contribution in [-0.2, 0) is 0 Å². The maximum absolute atomic E-state index is 11.9. The molecule has 0 unspecified atom stereocenters. The largest absolute Gasteiger partial charge is 0.338 e. The summed E-state index contributed by atoms with van der Waals surface area (Å²) in [6.07, 6.45) is 5.84. The molecule has 2 atom stereocenters. The number of hydrogen-bond acceptors (Lipinski definition) is 4. The molecule has 3 rings (SSSR count). The van der Waals surface area contributed by atoms with Gasteiger partial charge in [0.2, 0.25) is 0 Å². The van der Waals surface area contributed by atoms with Crippen molar-refractivity contribution in [3.05, 3.63) is 16.1 Å². The van der Waals surface area contributed by atoms with E-state index in [1.807, 2.05) is 6.20 Å². The molecule has 0 aromatic carbocycles. The minimum atomic E-state index is -0.0509. The van der Waals surface area contributed by atoms with Gasteiger partial charge in [0.1, 0.15) is 0 Å². The molecule has 2 aliphatic rings. The summed E-state index contributed by atoms with van der Waals surface area (Å²) in [5, 5.41) is 7.08. The van der Waals surface area contributed by atoms with E-state index >= 15 is 0 Å². The molecular formula is C16H26N4OS. The SMILES string of the molecule is Cc1cnc([C@H](C)CNC(=O)NC[C@@H]2CCN(C3CC3)C2)s1. The summed E-state index contributed by atoms with van der Waals surface area (Å²) < 4.78 is 0. The molecule has 2 N–H and O–H groups in total. The molecule has 1 saturated heterocycles. The zero-order chi connectivity index (χ0) is 15.5. The number of nitrogens with zero attached hydrogens (tertiary/aromatic N) is 2. The molecule has 1 aliphatic heterocycles. The maximum Gasteiger partial charge on any atom is 0.314 e.